The maximum atomic E-state index is 8.63. The number of phenols is 2. The molecule has 2 rings (SSSR count). The van der Waals surface area contributed by atoms with Gasteiger partial charge in [-0.05, 0) is 24.3 Å². The smallest absolute Gasteiger partial charge is 0.115 e. The lowest BCUT2D eigenvalue weighted by molar-refractivity contribution is -0.176. The minimum absolute atomic E-state index is 0.322. The fourth-order valence-corrected chi connectivity index (χ4v) is 0.856. The number of rotatable bonds is 0. The van der Waals surface area contributed by atoms with Gasteiger partial charge in [-0.3, -0.25) is 21.0 Å². The first-order valence-electron chi connectivity index (χ1n) is 4.67. The standard InChI is InChI=1S/2C6H6O.2H2O2/c2*7-6-4-2-1-3-5-6;2*1-2/h2*1-5,7H;2*1-2H. The quantitative estimate of drug-likeness (QED) is 0.318. The van der Waals surface area contributed by atoms with E-state index in [-0.39, 0.29) is 0 Å². The van der Waals surface area contributed by atoms with Crippen LogP contribution < -0.4 is 0 Å². The molecular weight excluding hydrogens is 240 g/mol. The second-order valence-electron chi connectivity index (χ2n) is 2.67. The van der Waals surface area contributed by atoms with Crippen molar-refractivity contribution in [2.24, 2.45) is 0 Å². The minimum atomic E-state index is 0.322. The Morgan fingerprint density at radius 2 is 0.667 bits per heavy atom. The lowest BCUT2D eigenvalue weighted by atomic mass is 10.3. The van der Waals surface area contributed by atoms with Gasteiger partial charge in [0.25, 0.3) is 0 Å². The van der Waals surface area contributed by atoms with Crippen molar-refractivity contribution in [3.05, 3.63) is 60.7 Å². The van der Waals surface area contributed by atoms with Gasteiger partial charge in [0.15, 0.2) is 0 Å². The van der Waals surface area contributed by atoms with E-state index in [1.807, 2.05) is 12.1 Å². The Labute approximate surface area is 104 Å². The van der Waals surface area contributed by atoms with Crippen molar-refractivity contribution in [3.8, 4) is 11.5 Å². The van der Waals surface area contributed by atoms with E-state index in [4.69, 9.17) is 31.2 Å². The summed E-state index contributed by atoms with van der Waals surface area (Å²) in [4.78, 5) is 0. The Morgan fingerprint density at radius 3 is 0.778 bits per heavy atom. The first-order chi connectivity index (χ1) is 8.79. The molecule has 0 amide bonds. The van der Waals surface area contributed by atoms with Crippen LogP contribution >= 0.6 is 0 Å². The highest BCUT2D eigenvalue weighted by atomic mass is 17.0. The molecule has 0 atom stereocenters. The number of para-hydroxylation sites is 2. The summed E-state index contributed by atoms with van der Waals surface area (Å²) in [5.41, 5.74) is 0. The van der Waals surface area contributed by atoms with Gasteiger partial charge in [-0.15, -0.1) is 0 Å². The minimum Gasteiger partial charge on any atom is -0.508 e. The van der Waals surface area contributed by atoms with Crippen molar-refractivity contribution in [1.82, 2.24) is 0 Å². The second-order valence-corrected chi connectivity index (χ2v) is 2.67. The molecule has 0 aromatic heterocycles. The Morgan fingerprint density at radius 1 is 0.444 bits per heavy atom. The molecule has 0 saturated carbocycles. The monoisotopic (exact) mass is 256 g/mol. The summed E-state index contributed by atoms with van der Waals surface area (Å²) in [5, 5.41) is 41.3. The number of hydrogen-bond acceptors (Lipinski definition) is 6. The highest BCUT2D eigenvalue weighted by molar-refractivity contribution is 5.19. The summed E-state index contributed by atoms with van der Waals surface area (Å²) in [7, 11) is 0. The van der Waals surface area contributed by atoms with Crippen molar-refractivity contribution in [2.75, 3.05) is 0 Å². The molecule has 18 heavy (non-hydrogen) atoms. The molecular formula is C12H16O6. The maximum absolute atomic E-state index is 8.63. The van der Waals surface area contributed by atoms with E-state index in [9.17, 15) is 0 Å². The van der Waals surface area contributed by atoms with Gasteiger partial charge in [0.2, 0.25) is 0 Å². The van der Waals surface area contributed by atoms with Crippen LogP contribution in [0.1, 0.15) is 0 Å². The van der Waals surface area contributed by atoms with Crippen LogP contribution in [0.15, 0.2) is 60.7 Å². The van der Waals surface area contributed by atoms with Gasteiger partial charge in [0.05, 0.1) is 0 Å². The zero-order chi connectivity index (χ0) is 14.2. The van der Waals surface area contributed by atoms with E-state index in [0.717, 1.165) is 0 Å². The van der Waals surface area contributed by atoms with E-state index in [0.29, 0.717) is 11.5 Å². The van der Waals surface area contributed by atoms with Crippen LogP contribution in [0.2, 0.25) is 0 Å². The largest absolute Gasteiger partial charge is 0.508 e. The van der Waals surface area contributed by atoms with Crippen LogP contribution in [0.3, 0.4) is 0 Å². The summed E-state index contributed by atoms with van der Waals surface area (Å²) in [6.07, 6.45) is 0. The fraction of sp³-hybridized carbons (Fsp3) is 0. The number of aromatic hydroxyl groups is 2. The lowest BCUT2D eigenvalue weighted by Gasteiger charge is -1.82. The van der Waals surface area contributed by atoms with Gasteiger partial charge in [0.1, 0.15) is 11.5 Å². The summed E-state index contributed by atoms with van der Waals surface area (Å²) in [6, 6.07) is 17.4. The Bertz CT molecular complexity index is 314. The molecule has 0 heterocycles. The summed E-state index contributed by atoms with van der Waals surface area (Å²) in [5.74, 6) is 0.644. The van der Waals surface area contributed by atoms with E-state index in [1.54, 1.807) is 48.5 Å². The predicted molar refractivity (Wildman–Crippen MR) is 66.7 cm³/mol. The van der Waals surface area contributed by atoms with Crippen LogP contribution in [0.4, 0.5) is 0 Å². The molecule has 0 bridgehead atoms. The average Bonchev–Trinajstić information content (AvgIpc) is 2.46. The molecule has 2 aromatic carbocycles. The van der Waals surface area contributed by atoms with Gasteiger partial charge < -0.3 is 10.2 Å². The summed E-state index contributed by atoms with van der Waals surface area (Å²) in [6.45, 7) is 0. The first-order valence-corrected chi connectivity index (χ1v) is 4.67. The number of hydrogen-bond donors (Lipinski definition) is 6. The Balaban J connectivity index is 0. The second kappa shape index (κ2) is 14.9. The number of benzene rings is 2. The zero-order valence-corrected chi connectivity index (χ0v) is 9.46. The van der Waals surface area contributed by atoms with Crippen LogP contribution in [0.5, 0.6) is 11.5 Å². The van der Waals surface area contributed by atoms with E-state index in [1.165, 1.54) is 0 Å². The molecule has 6 heteroatoms. The van der Waals surface area contributed by atoms with Gasteiger partial charge >= 0.3 is 0 Å². The summed E-state index contributed by atoms with van der Waals surface area (Å²) < 4.78 is 0. The number of phenolic OH excluding ortho intramolecular Hbond substituents is 2. The van der Waals surface area contributed by atoms with Crippen molar-refractivity contribution < 1.29 is 31.2 Å². The first kappa shape index (κ1) is 18.3. The molecule has 6 N–H and O–H groups in total. The molecule has 0 fully saturated rings. The van der Waals surface area contributed by atoms with Crippen molar-refractivity contribution in [1.29, 1.82) is 0 Å². The van der Waals surface area contributed by atoms with Crippen LogP contribution in [-0.4, -0.2) is 31.2 Å². The summed E-state index contributed by atoms with van der Waals surface area (Å²) >= 11 is 0. The van der Waals surface area contributed by atoms with Crippen LogP contribution in [-0.2, 0) is 0 Å². The van der Waals surface area contributed by atoms with Crippen molar-refractivity contribution in [2.45, 2.75) is 0 Å². The third kappa shape index (κ3) is 12.0. The SMILES string of the molecule is OO.OO.Oc1ccccc1.Oc1ccccc1. The molecule has 100 valence electrons. The fourth-order valence-electron chi connectivity index (χ4n) is 0.856. The molecule has 0 aliphatic carbocycles. The van der Waals surface area contributed by atoms with E-state index >= 15 is 0 Å². The van der Waals surface area contributed by atoms with Gasteiger partial charge in [-0.2, -0.15) is 0 Å². The highest BCUT2D eigenvalue weighted by Crippen LogP contribution is 2.03. The third-order valence-corrected chi connectivity index (χ3v) is 1.51. The lowest BCUT2D eigenvalue weighted by Crippen LogP contribution is -1.56. The van der Waals surface area contributed by atoms with Crippen molar-refractivity contribution in [3.63, 3.8) is 0 Å². The molecule has 0 aliphatic rings. The van der Waals surface area contributed by atoms with E-state index in [2.05, 4.69) is 0 Å². The van der Waals surface area contributed by atoms with Crippen LogP contribution in [0, 0.1) is 0 Å². The molecule has 0 spiro atoms. The zero-order valence-electron chi connectivity index (χ0n) is 9.46. The van der Waals surface area contributed by atoms with E-state index < -0.39 is 0 Å². The average molecular weight is 256 g/mol. The predicted octanol–water partition coefficient (Wildman–Crippen LogP) is 2.82. The molecule has 0 radical (unpaired) electrons. The third-order valence-electron chi connectivity index (χ3n) is 1.51. The highest BCUT2D eigenvalue weighted by Gasteiger charge is 1.75. The maximum Gasteiger partial charge on any atom is 0.115 e. The molecule has 6 nitrogen and oxygen atoms in total. The van der Waals surface area contributed by atoms with Crippen LogP contribution in [0.25, 0.3) is 0 Å². The Kier molecular flexibility index (Phi) is 15.1. The van der Waals surface area contributed by atoms with Crippen molar-refractivity contribution >= 4 is 0 Å². The molecule has 0 saturated heterocycles. The topological polar surface area (TPSA) is 121 Å². The normalized spacial score (nSPS) is 7.33. The van der Waals surface area contributed by atoms with Gasteiger partial charge in [-0.1, -0.05) is 36.4 Å². The molecule has 2 aromatic rings. The van der Waals surface area contributed by atoms with Gasteiger partial charge in [-0.25, -0.2) is 0 Å². The molecule has 0 unspecified atom stereocenters. The Hall–Kier alpha value is -2.12. The van der Waals surface area contributed by atoms with Gasteiger partial charge in [0, 0.05) is 0 Å². The molecule has 0 aliphatic heterocycles.